The van der Waals surface area contributed by atoms with Gasteiger partial charge in [-0.05, 0) is 50.6 Å². The van der Waals surface area contributed by atoms with Crippen molar-refractivity contribution in [3.63, 3.8) is 0 Å². The van der Waals surface area contributed by atoms with Gasteiger partial charge in [0.15, 0.2) is 6.61 Å². The largest absolute Gasteiger partial charge is 0.452 e. The molecule has 1 heterocycles. The lowest BCUT2D eigenvalue weighted by atomic mass is 10.1. The van der Waals surface area contributed by atoms with Crippen molar-refractivity contribution in [2.24, 2.45) is 0 Å². The summed E-state index contributed by atoms with van der Waals surface area (Å²) in [7, 11) is 0. The van der Waals surface area contributed by atoms with E-state index in [0.717, 1.165) is 28.6 Å². The highest BCUT2D eigenvalue weighted by molar-refractivity contribution is 6.30. The standard InChI is InChI=1S/C24H23ClFN3O3/c1-15-4-6-18(7-5-15)13-29-17(3)20(16(2)28-29)9-11-24(31)32-14-23(30)27-22-12-19(25)8-10-21(22)26/h4-12H,13-14H2,1-3H3,(H,27,30)/b11-9+. The molecule has 2 aromatic carbocycles. The first-order chi connectivity index (χ1) is 15.2. The molecule has 0 fully saturated rings. The maximum absolute atomic E-state index is 13.7. The van der Waals surface area contributed by atoms with E-state index in [1.807, 2.05) is 25.5 Å². The number of hydrogen-bond acceptors (Lipinski definition) is 4. The Morgan fingerprint density at radius 2 is 1.88 bits per heavy atom. The number of nitrogens with one attached hydrogen (secondary N) is 1. The average Bonchev–Trinajstić information content (AvgIpc) is 3.01. The molecule has 0 spiro atoms. The summed E-state index contributed by atoms with van der Waals surface area (Å²) in [6, 6.07) is 12.0. The first-order valence-electron chi connectivity index (χ1n) is 9.92. The van der Waals surface area contributed by atoms with Crippen LogP contribution in [0, 0.1) is 26.6 Å². The Labute approximate surface area is 190 Å². The molecule has 0 aliphatic carbocycles. The number of nitrogens with zero attached hydrogens (tertiary/aromatic N) is 2. The van der Waals surface area contributed by atoms with Crippen molar-refractivity contribution >= 4 is 35.2 Å². The maximum atomic E-state index is 13.7. The normalized spacial score (nSPS) is 11.0. The highest BCUT2D eigenvalue weighted by atomic mass is 35.5. The van der Waals surface area contributed by atoms with Gasteiger partial charge in [0, 0.05) is 22.4 Å². The number of esters is 1. The summed E-state index contributed by atoms with van der Waals surface area (Å²) in [5, 5.41) is 7.13. The third-order valence-corrected chi connectivity index (χ3v) is 5.06. The van der Waals surface area contributed by atoms with Crippen LogP contribution >= 0.6 is 11.6 Å². The number of ether oxygens (including phenoxy) is 1. The number of aromatic nitrogens is 2. The average molecular weight is 456 g/mol. The first-order valence-corrected chi connectivity index (χ1v) is 10.3. The lowest BCUT2D eigenvalue weighted by Crippen LogP contribution is -2.20. The van der Waals surface area contributed by atoms with Gasteiger partial charge in [-0.1, -0.05) is 41.4 Å². The fourth-order valence-electron chi connectivity index (χ4n) is 3.09. The minimum absolute atomic E-state index is 0.0821. The molecule has 166 valence electrons. The number of anilines is 1. The van der Waals surface area contributed by atoms with Crippen molar-refractivity contribution in [2.45, 2.75) is 27.3 Å². The summed E-state index contributed by atoms with van der Waals surface area (Å²) in [6.07, 6.45) is 2.85. The molecule has 0 aliphatic heterocycles. The van der Waals surface area contributed by atoms with Crippen molar-refractivity contribution in [3.8, 4) is 0 Å². The highest BCUT2D eigenvalue weighted by Crippen LogP contribution is 2.19. The predicted octanol–water partition coefficient (Wildman–Crippen LogP) is 4.84. The molecule has 32 heavy (non-hydrogen) atoms. The van der Waals surface area contributed by atoms with Gasteiger partial charge in [0.05, 0.1) is 17.9 Å². The molecule has 0 saturated heterocycles. The molecule has 6 nitrogen and oxygen atoms in total. The molecule has 0 aliphatic rings. The zero-order valence-electron chi connectivity index (χ0n) is 18.0. The van der Waals surface area contributed by atoms with Gasteiger partial charge in [0.1, 0.15) is 5.82 Å². The second-order valence-corrected chi connectivity index (χ2v) is 7.78. The van der Waals surface area contributed by atoms with Crippen LogP contribution in [0.2, 0.25) is 5.02 Å². The number of rotatable bonds is 7. The zero-order chi connectivity index (χ0) is 23.3. The molecule has 0 bridgehead atoms. The number of halogens is 2. The molecular formula is C24H23ClFN3O3. The third-order valence-electron chi connectivity index (χ3n) is 4.82. The molecule has 8 heteroatoms. The fraction of sp³-hybridized carbons (Fsp3) is 0.208. The van der Waals surface area contributed by atoms with E-state index in [4.69, 9.17) is 16.3 Å². The van der Waals surface area contributed by atoms with Crippen molar-refractivity contribution in [1.82, 2.24) is 9.78 Å². The lowest BCUT2D eigenvalue weighted by molar-refractivity contribution is -0.142. The van der Waals surface area contributed by atoms with Crippen molar-refractivity contribution < 1.29 is 18.7 Å². The SMILES string of the molecule is Cc1ccc(Cn2nc(C)c(/C=C/C(=O)OCC(=O)Nc3cc(Cl)ccc3F)c2C)cc1. The number of carbonyl (C=O) groups excluding carboxylic acids is 2. The molecule has 0 unspecified atom stereocenters. The minimum atomic E-state index is -0.697. The lowest BCUT2D eigenvalue weighted by Gasteiger charge is -2.07. The van der Waals surface area contributed by atoms with Crippen molar-refractivity contribution in [3.05, 3.63) is 87.5 Å². The Kier molecular flexibility index (Phi) is 7.43. The van der Waals surface area contributed by atoms with E-state index in [9.17, 15) is 14.0 Å². The molecule has 0 radical (unpaired) electrons. The summed E-state index contributed by atoms with van der Waals surface area (Å²) < 4.78 is 20.5. The Balaban J connectivity index is 1.58. The minimum Gasteiger partial charge on any atom is -0.452 e. The quantitative estimate of drug-likeness (QED) is 0.408. The molecule has 1 N–H and O–H groups in total. The van der Waals surface area contributed by atoms with E-state index in [-0.39, 0.29) is 10.7 Å². The fourth-order valence-corrected chi connectivity index (χ4v) is 3.26. The Hall–Kier alpha value is -3.45. The molecule has 1 amide bonds. The smallest absolute Gasteiger partial charge is 0.331 e. The van der Waals surface area contributed by atoms with Gasteiger partial charge in [-0.2, -0.15) is 5.10 Å². The van der Waals surface area contributed by atoms with Crippen LogP contribution in [0.5, 0.6) is 0 Å². The Morgan fingerprint density at radius 3 is 2.59 bits per heavy atom. The number of aryl methyl sites for hydroxylation is 2. The summed E-state index contributed by atoms with van der Waals surface area (Å²) in [5.41, 5.74) is 4.71. The van der Waals surface area contributed by atoms with E-state index in [2.05, 4.69) is 34.7 Å². The summed E-state index contributed by atoms with van der Waals surface area (Å²) in [6.45, 7) is 5.88. The predicted molar refractivity (Wildman–Crippen MR) is 122 cm³/mol. The Bertz CT molecular complexity index is 1170. The van der Waals surface area contributed by atoms with E-state index in [0.29, 0.717) is 6.54 Å². The molecule has 3 rings (SSSR count). The Morgan fingerprint density at radius 1 is 1.16 bits per heavy atom. The van der Waals surface area contributed by atoms with E-state index in [1.165, 1.54) is 23.8 Å². The topological polar surface area (TPSA) is 73.2 Å². The van der Waals surface area contributed by atoms with Crippen LogP contribution < -0.4 is 5.32 Å². The van der Waals surface area contributed by atoms with Gasteiger partial charge in [0.25, 0.3) is 5.91 Å². The van der Waals surface area contributed by atoms with Crippen LogP contribution in [-0.4, -0.2) is 28.3 Å². The molecule has 1 aromatic heterocycles. The van der Waals surface area contributed by atoms with Crippen molar-refractivity contribution in [2.75, 3.05) is 11.9 Å². The van der Waals surface area contributed by atoms with Crippen LogP contribution in [-0.2, 0) is 20.9 Å². The van der Waals surface area contributed by atoms with Gasteiger partial charge >= 0.3 is 5.97 Å². The van der Waals surface area contributed by atoms with Crippen LogP contribution in [0.4, 0.5) is 10.1 Å². The highest BCUT2D eigenvalue weighted by Gasteiger charge is 2.12. The second-order valence-electron chi connectivity index (χ2n) is 7.34. The molecule has 3 aromatic rings. The van der Waals surface area contributed by atoms with Gasteiger partial charge in [-0.15, -0.1) is 0 Å². The molecular weight excluding hydrogens is 433 g/mol. The van der Waals surface area contributed by atoms with Crippen LogP contribution in [0.1, 0.15) is 28.1 Å². The number of amides is 1. The summed E-state index contributed by atoms with van der Waals surface area (Å²) in [5.74, 6) is -2.01. The monoisotopic (exact) mass is 455 g/mol. The number of carbonyl (C=O) groups is 2. The first kappa shape index (κ1) is 23.2. The third kappa shape index (κ3) is 6.04. The molecule has 0 saturated carbocycles. The van der Waals surface area contributed by atoms with Crippen LogP contribution in [0.15, 0.2) is 48.5 Å². The molecule has 0 atom stereocenters. The number of benzene rings is 2. The van der Waals surface area contributed by atoms with Crippen LogP contribution in [0.3, 0.4) is 0 Å². The number of hydrogen-bond donors (Lipinski definition) is 1. The van der Waals surface area contributed by atoms with Crippen molar-refractivity contribution in [1.29, 1.82) is 0 Å². The second kappa shape index (κ2) is 10.2. The van der Waals surface area contributed by atoms with Gasteiger partial charge in [0.2, 0.25) is 0 Å². The van der Waals surface area contributed by atoms with Gasteiger partial charge in [-0.25, -0.2) is 9.18 Å². The van der Waals surface area contributed by atoms with E-state index >= 15 is 0 Å². The van der Waals surface area contributed by atoms with E-state index in [1.54, 1.807) is 6.08 Å². The summed E-state index contributed by atoms with van der Waals surface area (Å²) >= 11 is 5.79. The van der Waals surface area contributed by atoms with Crippen LogP contribution in [0.25, 0.3) is 6.08 Å². The summed E-state index contributed by atoms with van der Waals surface area (Å²) in [4.78, 5) is 24.0. The zero-order valence-corrected chi connectivity index (χ0v) is 18.7. The maximum Gasteiger partial charge on any atom is 0.331 e. The van der Waals surface area contributed by atoms with E-state index < -0.39 is 24.3 Å². The van der Waals surface area contributed by atoms with Gasteiger partial charge < -0.3 is 10.1 Å². The van der Waals surface area contributed by atoms with Gasteiger partial charge in [-0.3, -0.25) is 9.48 Å².